The number of carbonyl (C=O) groups is 3. The van der Waals surface area contributed by atoms with Crippen molar-refractivity contribution in [3.63, 3.8) is 0 Å². The standard InChI is InChI=1S/C50H60N8O3/c1-3-4-5-6-7-8-9-10-11-12-13-14-15-16-17-18-19-22-47(59)53-38-48(60)58-34-32-57(33-35-58)39-41-24-26-42(27-25-41)49(61)54-44-28-23-40(2)46(36-44)56-50-52-31-29-45(55-50)43-21-20-30-51-37-43/h4-5,7-8,10-11,13-14,16-17,20-21,23-31,36-37H,3,6,9,12,15,18-19,22,32-35,38-39H2,1-2H3,(H,53,59)(H,54,61)(H,52,55,56). The molecule has 3 heterocycles. The number of hydrogen-bond acceptors (Lipinski definition) is 8. The van der Waals surface area contributed by atoms with Gasteiger partial charge in [0.25, 0.3) is 5.91 Å². The van der Waals surface area contributed by atoms with Crippen molar-refractivity contribution in [1.82, 2.24) is 30.1 Å². The number of nitrogens with one attached hydrogen (secondary N) is 3. The Kier molecular flexibility index (Phi) is 19.4. The molecule has 5 rings (SSSR count). The Morgan fingerprint density at radius 1 is 0.770 bits per heavy atom. The fourth-order valence-corrected chi connectivity index (χ4v) is 6.55. The molecular weight excluding hydrogens is 761 g/mol. The molecule has 2 aromatic carbocycles. The highest BCUT2D eigenvalue weighted by Gasteiger charge is 2.21. The van der Waals surface area contributed by atoms with Crippen LogP contribution in [0.5, 0.6) is 0 Å². The van der Waals surface area contributed by atoms with Gasteiger partial charge in [0.05, 0.1) is 12.2 Å². The third-order valence-corrected chi connectivity index (χ3v) is 10.1. The number of rotatable bonds is 22. The molecule has 0 bridgehead atoms. The fourth-order valence-electron chi connectivity index (χ4n) is 6.55. The molecule has 0 aliphatic carbocycles. The van der Waals surface area contributed by atoms with Crippen molar-refractivity contribution in [3.8, 4) is 11.3 Å². The van der Waals surface area contributed by atoms with Crippen molar-refractivity contribution < 1.29 is 14.4 Å². The summed E-state index contributed by atoms with van der Waals surface area (Å²) in [4.78, 5) is 55.7. The number of amides is 3. The van der Waals surface area contributed by atoms with Crippen LogP contribution in [-0.2, 0) is 16.1 Å². The second-order valence-corrected chi connectivity index (χ2v) is 14.8. The summed E-state index contributed by atoms with van der Waals surface area (Å²) in [6, 6.07) is 18.9. The van der Waals surface area contributed by atoms with Crippen LogP contribution in [0.15, 0.2) is 140 Å². The maximum atomic E-state index is 13.2. The van der Waals surface area contributed by atoms with Crippen LogP contribution >= 0.6 is 0 Å². The summed E-state index contributed by atoms with van der Waals surface area (Å²) in [7, 11) is 0. The second-order valence-electron chi connectivity index (χ2n) is 14.8. The van der Waals surface area contributed by atoms with Crippen molar-refractivity contribution in [2.45, 2.75) is 71.8 Å². The van der Waals surface area contributed by atoms with E-state index in [0.29, 0.717) is 36.7 Å². The summed E-state index contributed by atoms with van der Waals surface area (Å²) < 4.78 is 0. The maximum absolute atomic E-state index is 13.2. The zero-order valence-corrected chi connectivity index (χ0v) is 35.6. The lowest BCUT2D eigenvalue weighted by Gasteiger charge is -2.34. The largest absolute Gasteiger partial charge is 0.347 e. The first-order valence-electron chi connectivity index (χ1n) is 21.4. The van der Waals surface area contributed by atoms with Crippen molar-refractivity contribution in [3.05, 3.63) is 157 Å². The molecular formula is C50H60N8O3. The van der Waals surface area contributed by atoms with Crippen LogP contribution in [0.4, 0.5) is 17.3 Å². The number of unbranched alkanes of at least 4 members (excludes halogenated alkanes) is 1. The summed E-state index contributed by atoms with van der Waals surface area (Å²) in [6.45, 7) is 7.55. The van der Waals surface area contributed by atoms with Gasteiger partial charge >= 0.3 is 0 Å². The highest BCUT2D eigenvalue weighted by molar-refractivity contribution is 6.04. The number of piperazine rings is 1. The third-order valence-electron chi connectivity index (χ3n) is 10.1. The zero-order valence-electron chi connectivity index (χ0n) is 35.6. The Morgan fingerprint density at radius 3 is 2.13 bits per heavy atom. The number of anilines is 3. The normalized spacial score (nSPS) is 13.6. The summed E-state index contributed by atoms with van der Waals surface area (Å²) in [5, 5.41) is 9.09. The molecule has 3 amide bonds. The predicted octanol–water partition coefficient (Wildman–Crippen LogP) is 9.53. The first-order valence-corrected chi connectivity index (χ1v) is 21.4. The highest BCUT2D eigenvalue weighted by atomic mass is 16.2. The second kappa shape index (κ2) is 25.9. The van der Waals surface area contributed by atoms with Gasteiger partial charge in [-0.1, -0.05) is 85.9 Å². The summed E-state index contributed by atoms with van der Waals surface area (Å²) in [5.41, 5.74) is 5.70. The van der Waals surface area contributed by atoms with Crippen LogP contribution in [0.3, 0.4) is 0 Å². The maximum Gasteiger partial charge on any atom is 0.255 e. The van der Waals surface area contributed by atoms with Gasteiger partial charge in [-0.15, -0.1) is 0 Å². The Bertz CT molecular complexity index is 2140. The molecule has 0 unspecified atom stereocenters. The molecule has 2 aromatic heterocycles. The molecule has 11 heteroatoms. The van der Waals surface area contributed by atoms with Gasteiger partial charge in [0, 0.05) is 80.2 Å². The van der Waals surface area contributed by atoms with Crippen LogP contribution in [0.25, 0.3) is 11.3 Å². The lowest BCUT2D eigenvalue weighted by atomic mass is 10.1. The lowest BCUT2D eigenvalue weighted by molar-refractivity contribution is -0.134. The number of aryl methyl sites for hydroxylation is 1. The van der Waals surface area contributed by atoms with Gasteiger partial charge in [-0.2, -0.15) is 0 Å². The number of allylic oxidation sites excluding steroid dienone is 10. The molecule has 11 nitrogen and oxygen atoms in total. The average Bonchev–Trinajstić information content (AvgIpc) is 3.28. The van der Waals surface area contributed by atoms with E-state index in [1.54, 1.807) is 18.6 Å². The number of carbonyl (C=O) groups excluding carboxylic acids is 3. The molecule has 4 aromatic rings. The minimum atomic E-state index is -0.208. The third kappa shape index (κ3) is 16.6. The molecule has 0 spiro atoms. The molecule has 1 aliphatic rings. The SMILES string of the molecule is CCC=CCC=CCC=CCC=CCC=CCCCC(=O)NCC(=O)N1CCN(Cc2ccc(C(=O)Nc3ccc(C)c(Nc4nccc(-c5cccnc5)n4)c3)cc2)CC1. The number of aromatic nitrogens is 3. The summed E-state index contributed by atoms with van der Waals surface area (Å²) in [5.74, 6) is 0.0909. The van der Waals surface area contributed by atoms with Crippen molar-refractivity contribution in [2.75, 3.05) is 43.4 Å². The average molecular weight is 821 g/mol. The topological polar surface area (TPSA) is 132 Å². The molecule has 318 valence electrons. The van der Waals surface area contributed by atoms with Gasteiger partial charge in [0.15, 0.2) is 0 Å². The van der Waals surface area contributed by atoms with Crippen molar-refractivity contribution in [2.24, 2.45) is 0 Å². The van der Waals surface area contributed by atoms with E-state index in [1.165, 1.54) is 0 Å². The molecule has 0 radical (unpaired) electrons. The van der Waals surface area contributed by atoms with Crippen LogP contribution in [-0.4, -0.2) is 75.2 Å². The van der Waals surface area contributed by atoms with E-state index in [9.17, 15) is 14.4 Å². The minimum Gasteiger partial charge on any atom is -0.347 e. The van der Waals surface area contributed by atoms with Gasteiger partial charge in [0.2, 0.25) is 17.8 Å². The van der Waals surface area contributed by atoms with Crippen LogP contribution in [0.2, 0.25) is 0 Å². The first kappa shape index (κ1) is 45.6. The fraction of sp³-hybridized carbons (Fsp3) is 0.320. The molecule has 1 fully saturated rings. The first-order chi connectivity index (χ1) is 29.9. The Morgan fingerprint density at radius 2 is 1.46 bits per heavy atom. The van der Waals surface area contributed by atoms with E-state index in [1.807, 2.05) is 72.5 Å². The Labute approximate surface area is 361 Å². The molecule has 0 saturated carbocycles. The molecule has 61 heavy (non-hydrogen) atoms. The van der Waals surface area contributed by atoms with Gasteiger partial charge < -0.3 is 20.9 Å². The molecule has 1 saturated heterocycles. The highest BCUT2D eigenvalue weighted by Crippen LogP contribution is 2.25. The predicted molar refractivity (Wildman–Crippen MR) is 247 cm³/mol. The van der Waals surface area contributed by atoms with E-state index >= 15 is 0 Å². The molecule has 3 N–H and O–H groups in total. The number of pyridine rings is 1. The van der Waals surface area contributed by atoms with E-state index in [-0.39, 0.29) is 24.3 Å². The summed E-state index contributed by atoms with van der Waals surface area (Å²) >= 11 is 0. The van der Waals surface area contributed by atoms with Crippen molar-refractivity contribution in [1.29, 1.82) is 0 Å². The van der Waals surface area contributed by atoms with Gasteiger partial charge in [-0.05, 0) is 105 Å². The van der Waals surface area contributed by atoms with E-state index in [2.05, 4.69) is 103 Å². The lowest BCUT2D eigenvalue weighted by Crippen LogP contribution is -2.50. The Hall–Kier alpha value is -6.46. The van der Waals surface area contributed by atoms with E-state index in [0.717, 1.165) is 92.7 Å². The van der Waals surface area contributed by atoms with E-state index in [4.69, 9.17) is 0 Å². The van der Waals surface area contributed by atoms with Crippen LogP contribution in [0.1, 0.15) is 79.8 Å². The number of nitrogens with zero attached hydrogens (tertiary/aromatic N) is 5. The quantitative estimate of drug-likeness (QED) is 0.0528. The van der Waals surface area contributed by atoms with Crippen molar-refractivity contribution >= 4 is 35.0 Å². The smallest absolute Gasteiger partial charge is 0.255 e. The molecule has 1 aliphatic heterocycles. The van der Waals surface area contributed by atoms with Gasteiger partial charge in [0.1, 0.15) is 0 Å². The monoisotopic (exact) mass is 820 g/mol. The van der Waals surface area contributed by atoms with Gasteiger partial charge in [-0.25, -0.2) is 9.97 Å². The number of benzene rings is 2. The van der Waals surface area contributed by atoms with Gasteiger partial charge in [-0.3, -0.25) is 24.3 Å². The minimum absolute atomic E-state index is 0.0274. The summed E-state index contributed by atoms with van der Waals surface area (Å²) in [6.07, 6.45) is 33.8. The van der Waals surface area contributed by atoms with E-state index < -0.39 is 0 Å². The number of hydrogen-bond donors (Lipinski definition) is 3. The zero-order chi connectivity index (χ0) is 42.9. The molecule has 0 atom stereocenters. The van der Waals surface area contributed by atoms with Crippen LogP contribution in [0, 0.1) is 6.92 Å². The Balaban J connectivity index is 0.937. The van der Waals surface area contributed by atoms with Crippen LogP contribution < -0.4 is 16.0 Å².